The highest BCUT2D eigenvalue weighted by molar-refractivity contribution is 7.99. The molecular formula is C13H17N5OS. The molecule has 20 heavy (non-hydrogen) atoms. The molecule has 0 saturated carbocycles. The Balaban J connectivity index is 1.82. The van der Waals surface area contributed by atoms with E-state index in [9.17, 15) is 4.79 Å². The van der Waals surface area contributed by atoms with Gasteiger partial charge in [0, 0.05) is 23.5 Å². The van der Waals surface area contributed by atoms with Crippen LogP contribution in [0.25, 0.3) is 0 Å². The zero-order valence-electron chi connectivity index (χ0n) is 11.4. The highest BCUT2D eigenvalue weighted by Crippen LogP contribution is 2.21. The summed E-state index contributed by atoms with van der Waals surface area (Å²) in [6.45, 7) is 3.72. The van der Waals surface area contributed by atoms with Crippen molar-refractivity contribution in [3.05, 3.63) is 29.6 Å². The second-order valence-electron chi connectivity index (χ2n) is 4.37. The first-order valence-corrected chi connectivity index (χ1v) is 7.21. The van der Waals surface area contributed by atoms with E-state index >= 15 is 0 Å². The van der Waals surface area contributed by atoms with E-state index in [2.05, 4.69) is 20.5 Å². The van der Waals surface area contributed by atoms with Gasteiger partial charge in [-0.25, -0.2) is 4.98 Å². The minimum Gasteiger partial charge on any atom is -0.398 e. The Kier molecular flexibility index (Phi) is 4.62. The van der Waals surface area contributed by atoms with Crippen LogP contribution in [0.2, 0.25) is 0 Å². The molecule has 1 heterocycles. The highest BCUT2D eigenvalue weighted by Gasteiger charge is 2.07. The van der Waals surface area contributed by atoms with E-state index in [1.165, 1.54) is 11.8 Å². The van der Waals surface area contributed by atoms with Crippen LogP contribution in [0, 0.1) is 13.8 Å². The molecule has 106 valence electrons. The van der Waals surface area contributed by atoms with Gasteiger partial charge in [-0.15, -0.1) is 5.10 Å². The van der Waals surface area contributed by atoms with E-state index in [0.29, 0.717) is 23.0 Å². The van der Waals surface area contributed by atoms with Gasteiger partial charge in [0.05, 0.1) is 0 Å². The fourth-order valence-electron chi connectivity index (χ4n) is 1.62. The van der Waals surface area contributed by atoms with Gasteiger partial charge in [-0.2, -0.15) is 0 Å². The molecule has 0 radical (unpaired) electrons. The number of nitrogens with two attached hydrogens (primary N) is 1. The number of rotatable bonds is 5. The van der Waals surface area contributed by atoms with Crippen molar-refractivity contribution in [2.75, 3.05) is 16.8 Å². The Morgan fingerprint density at radius 1 is 1.45 bits per heavy atom. The summed E-state index contributed by atoms with van der Waals surface area (Å²) < 4.78 is 0. The summed E-state index contributed by atoms with van der Waals surface area (Å²) in [6, 6.07) is 5.48. The molecule has 2 aromatic rings. The third-order valence-electron chi connectivity index (χ3n) is 2.79. The van der Waals surface area contributed by atoms with Crippen LogP contribution in [0.1, 0.15) is 17.8 Å². The predicted octanol–water partition coefficient (Wildman–Crippen LogP) is 2.12. The number of nitrogen functional groups attached to an aromatic ring is 1. The molecule has 0 aliphatic carbocycles. The molecule has 0 aliphatic heterocycles. The standard InChI is InChI=1S/C13H17N5OS/c1-8-10(14)4-3-5-11(8)16-12(19)6-7-20-13-15-9(2)17-18-13/h3-5H,6-7,14H2,1-2H3,(H,16,19)(H,15,17,18). The topological polar surface area (TPSA) is 96.7 Å². The zero-order valence-corrected chi connectivity index (χ0v) is 12.3. The largest absolute Gasteiger partial charge is 0.398 e. The lowest BCUT2D eigenvalue weighted by atomic mass is 10.1. The van der Waals surface area contributed by atoms with Crippen molar-refractivity contribution in [3.63, 3.8) is 0 Å². The summed E-state index contributed by atoms with van der Waals surface area (Å²) in [4.78, 5) is 16.0. The number of hydrogen-bond donors (Lipinski definition) is 3. The average Bonchev–Trinajstić information content (AvgIpc) is 2.81. The minimum absolute atomic E-state index is 0.0431. The molecule has 0 unspecified atom stereocenters. The Hall–Kier alpha value is -2.02. The maximum absolute atomic E-state index is 11.9. The Bertz CT molecular complexity index is 611. The maximum Gasteiger partial charge on any atom is 0.225 e. The number of nitrogens with zero attached hydrogens (tertiary/aromatic N) is 2. The third-order valence-corrected chi connectivity index (χ3v) is 3.64. The molecule has 0 aliphatic rings. The molecule has 0 bridgehead atoms. The molecule has 1 aromatic heterocycles. The number of nitrogens with one attached hydrogen (secondary N) is 2. The molecule has 2 rings (SSSR count). The Labute approximate surface area is 121 Å². The van der Waals surface area contributed by atoms with Crippen molar-refractivity contribution in [2.45, 2.75) is 25.4 Å². The molecule has 0 saturated heterocycles. The van der Waals surface area contributed by atoms with Gasteiger partial charge < -0.3 is 11.1 Å². The van der Waals surface area contributed by atoms with Gasteiger partial charge in [0.25, 0.3) is 0 Å². The Morgan fingerprint density at radius 3 is 2.95 bits per heavy atom. The number of hydrogen-bond acceptors (Lipinski definition) is 5. The van der Waals surface area contributed by atoms with Crippen LogP contribution in [0.5, 0.6) is 0 Å². The normalized spacial score (nSPS) is 10.5. The molecule has 1 aromatic carbocycles. The maximum atomic E-state index is 11.9. The lowest BCUT2D eigenvalue weighted by Crippen LogP contribution is -2.13. The summed E-state index contributed by atoms with van der Waals surface area (Å²) in [5.74, 6) is 1.36. The first-order valence-electron chi connectivity index (χ1n) is 6.23. The van der Waals surface area contributed by atoms with Crippen LogP contribution in [0.3, 0.4) is 0 Å². The number of aromatic amines is 1. The minimum atomic E-state index is -0.0431. The monoisotopic (exact) mass is 291 g/mol. The third kappa shape index (κ3) is 3.74. The van der Waals surface area contributed by atoms with Crippen molar-refractivity contribution in [3.8, 4) is 0 Å². The molecule has 0 fully saturated rings. The quantitative estimate of drug-likeness (QED) is 0.579. The fourth-order valence-corrected chi connectivity index (χ4v) is 2.41. The van der Waals surface area contributed by atoms with Crippen LogP contribution in [-0.2, 0) is 4.79 Å². The average molecular weight is 291 g/mol. The van der Waals surface area contributed by atoms with Gasteiger partial charge in [0.1, 0.15) is 5.82 Å². The van der Waals surface area contributed by atoms with E-state index in [1.807, 2.05) is 32.0 Å². The number of H-pyrrole nitrogens is 1. The van der Waals surface area contributed by atoms with Gasteiger partial charge in [0.2, 0.25) is 11.1 Å². The summed E-state index contributed by atoms with van der Waals surface area (Å²) in [5, 5.41) is 10.3. The van der Waals surface area contributed by atoms with Gasteiger partial charge in [-0.05, 0) is 31.5 Å². The van der Waals surface area contributed by atoms with Crippen molar-refractivity contribution >= 4 is 29.0 Å². The number of carbonyl (C=O) groups excluding carboxylic acids is 1. The SMILES string of the molecule is Cc1nc(SCCC(=O)Nc2cccc(N)c2C)n[nH]1. The van der Waals surface area contributed by atoms with Crippen LogP contribution >= 0.6 is 11.8 Å². The molecule has 4 N–H and O–H groups in total. The van der Waals surface area contributed by atoms with Crippen molar-refractivity contribution in [2.24, 2.45) is 0 Å². The number of aryl methyl sites for hydroxylation is 1. The van der Waals surface area contributed by atoms with Crippen molar-refractivity contribution in [1.82, 2.24) is 15.2 Å². The summed E-state index contributed by atoms with van der Waals surface area (Å²) in [5.41, 5.74) is 8.12. The summed E-state index contributed by atoms with van der Waals surface area (Å²) in [7, 11) is 0. The van der Waals surface area contributed by atoms with Crippen molar-refractivity contribution < 1.29 is 4.79 Å². The first kappa shape index (κ1) is 14.4. The predicted molar refractivity (Wildman–Crippen MR) is 80.7 cm³/mol. The second-order valence-corrected chi connectivity index (χ2v) is 5.43. The van der Waals surface area contributed by atoms with E-state index < -0.39 is 0 Å². The number of carbonyl (C=O) groups is 1. The van der Waals surface area contributed by atoms with E-state index in [-0.39, 0.29) is 5.91 Å². The van der Waals surface area contributed by atoms with Gasteiger partial charge in [-0.1, -0.05) is 17.8 Å². The number of aromatic nitrogens is 3. The molecule has 0 spiro atoms. The smallest absolute Gasteiger partial charge is 0.225 e. The van der Waals surface area contributed by atoms with Crippen molar-refractivity contribution in [1.29, 1.82) is 0 Å². The summed E-state index contributed by atoms with van der Waals surface area (Å²) >= 11 is 1.45. The van der Waals surface area contributed by atoms with Crippen LogP contribution < -0.4 is 11.1 Å². The zero-order chi connectivity index (χ0) is 14.5. The summed E-state index contributed by atoms with van der Waals surface area (Å²) in [6.07, 6.45) is 0.395. The number of thioether (sulfide) groups is 1. The van der Waals surface area contributed by atoms with E-state index in [1.54, 1.807) is 0 Å². The van der Waals surface area contributed by atoms with Gasteiger partial charge >= 0.3 is 0 Å². The number of amides is 1. The van der Waals surface area contributed by atoms with Gasteiger partial charge in [-0.3, -0.25) is 9.89 Å². The number of anilines is 2. The Morgan fingerprint density at radius 2 is 2.25 bits per heavy atom. The van der Waals surface area contributed by atoms with Crippen LogP contribution in [0.4, 0.5) is 11.4 Å². The molecular weight excluding hydrogens is 274 g/mol. The lowest BCUT2D eigenvalue weighted by molar-refractivity contribution is -0.115. The highest BCUT2D eigenvalue weighted by atomic mass is 32.2. The fraction of sp³-hybridized carbons (Fsp3) is 0.308. The van der Waals surface area contributed by atoms with Crippen LogP contribution in [0.15, 0.2) is 23.4 Å². The molecule has 7 heteroatoms. The van der Waals surface area contributed by atoms with Gasteiger partial charge in [0.15, 0.2) is 0 Å². The molecule has 1 amide bonds. The molecule has 0 atom stereocenters. The van der Waals surface area contributed by atoms with E-state index in [4.69, 9.17) is 5.73 Å². The molecule has 6 nitrogen and oxygen atoms in total. The first-order chi connectivity index (χ1) is 9.56. The lowest BCUT2D eigenvalue weighted by Gasteiger charge is -2.09. The number of benzene rings is 1. The second kappa shape index (κ2) is 6.42. The van der Waals surface area contributed by atoms with Crippen LogP contribution in [-0.4, -0.2) is 26.8 Å². The van der Waals surface area contributed by atoms with E-state index in [0.717, 1.165) is 17.1 Å².